The van der Waals surface area contributed by atoms with E-state index in [2.05, 4.69) is 10.3 Å². The average Bonchev–Trinajstić information content (AvgIpc) is 2.85. The number of carbonyl (C=O) groups is 2. The molecule has 1 fully saturated rings. The van der Waals surface area contributed by atoms with Crippen LogP contribution in [0.4, 0.5) is 10.5 Å². The van der Waals surface area contributed by atoms with Crippen molar-refractivity contribution < 1.29 is 14.7 Å². The molecule has 0 spiro atoms. The number of hydrogen-bond acceptors (Lipinski definition) is 3. The third-order valence-corrected chi connectivity index (χ3v) is 3.63. The fraction of sp³-hybridized carbons (Fsp3) is 0.462. The first-order valence-electron chi connectivity index (χ1n) is 6.32. The van der Waals surface area contributed by atoms with Crippen LogP contribution >= 0.6 is 0 Å². The second kappa shape index (κ2) is 5.26. The van der Waals surface area contributed by atoms with Gasteiger partial charge in [-0.2, -0.15) is 0 Å². The maximum absolute atomic E-state index is 12.2. The summed E-state index contributed by atoms with van der Waals surface area (Å²) >= 11 is 0. The third-order valence-electron chi connectivity index (χ3n) is 3.63. The van der Waals surface area contributed by atoms with Crippen LogP contribution in [0.3, 0.4) is 0 Å². The number of rotatable bonds is 3. The first-order chi connectivity index (χ1) is 9.10. The fourth-order valence-corrected chi connectivity index (χ4v) is 2.54. The second-order valence-corrected chi connectivity index (χ2v) is 4.62. The summed E-state index contributed by atoms with van der Waals surface area (Å²) in [5.41, 5.74) is -0.512. The van der Waals surface area contributed by atoms with E-state index in [0.29, 0.717) is 31.5 Å². The molecule has 2 rings (SSSR count). The lowest BCUT2D eigenvalue weighted by molar-refractivity contribution is -0.148. The molecule has 0 saturated carbocycles. The molecule has 1 aromatic rings. The number of amides is 2. The van der Waals surface area contributed by atoms with Crippen molar-refractivity contribution in [3.8, 4) is 0 Å². The quantitative estimate of drug-likeness (QED) is 0.873. The van der Waals surface area contributed by atoms with E-state index in [-0.39, 0.29) is 6.03 Å². The molecule has 1 aromatic heterocycles. The van der Waals surface area contributed by atoms with E-state index in [9.17, 15) is 14.7 Å². The number of urea groups is 1. The highest BCUT2D eigenvalue weighted by Gasteiger charge is 2.48. The van der Waals surface area contributed by atoms with E-state index in [1.165, 1.54) is 11.1 Å². The zero-order valence-electron chi connectivity index (χ0n) is 10.8. The Morgan fingerprint density at radius 3 is 2.95 bits per heavy atom. The summed E-state index contributed by atoms with van der Waals surface area (Å²) in [4.78, 5) is 29.0. The number of carbonyl (C=O) groups excluding carboxylic acids is 1. The highest BCUT2D eigenvalue weighted by Crippen LogP contribution is 2.33. The number of anilines is 1. The van der Waals surface area contributed by atoms with Gasteiger partial charge in [0.05, 0.1) is 11.9 Å². The number of aromatic nitrogens is 1. The van der Waals surface area contributed by atoms with E-state index >= 15 is 0 Å². The van der Waals surface area contributed by atoms with Crippen LogP contribution in [0, 0.1) is 0 Å². The van der Waals surface area contributed by atoms with Gasteiger partial charge in [-0.25, -0.2) is 9.59 Å². The van der Waals surface area contributed by atoms with Crippen LogP contribution in [0.5, 0.6) is 0 Å². The number of likely N-dealkylation sites (tertiary alicyclic amines) is 1. The Hall–Kier alpha value is -2.11. The fourth-order valence-electron chi connectivity index (χ4n) is 2.54. The topological polar surface area (TPSA) is 82.5 Å². The third kappa shape index (κ3) is 2.38. The van der Waals surface area contributed by atoms with Crippen LogP contribution in [0.2, 0.25) is 0 Å². The van der Waals surface area contributed by atoms with Crippen LogP contribution in [0.25, 0.3) is 0 Å². The van der Waals surface area contributed by atoms with Gasteiger partial charge in [0.2, 0.25) is 0 Å². The summed E-state index contributed by atoms with van der Waals surface area (Å²) < 4.78 is 0. The van der Waals surface area contributed by atoms with Crippen molar-refractivity contribution in [3.63, 3.8) is 0 Å². The molecule has 1 atom stereocenters. The van der Waals surface area contributed by atoms with Gasteiger partial charge in [0, 0.05) is 12.7 Å². The Morgan fingerprint density at radius 1 is 1.58 bits per heavy atom. The van der Waals surface area contributed by atoms with Crippen molar-refractivity contribution in [3.05, 3.63) is 24.5 Å². The highest BCUT2D eigenvalue weighted by atomic mass is 16.4. The zero-order valence-corrected chi connectivity index (χ0v) is 10.8. The predicted molar refractivity (Wildman–Crippen MR) is 69.9 cm³/mol. The van der Waals surface area contributed by atoms with E-state index in [1.807, 2.05) is 0 Å². The Labute approximate surface area is 111 Å². The Bertz CT molecular complexity index is 477. The molecule has 6 nitrogen and oxygen atoms in total. The zero-order chi connectivity index (χ0) is 13.9. The lowest BCUT2D eigenvalue weighted by Crippen LogP contribution is -2.54. The van der Waals surface area contributed by atoms with Crippen molar-refractivity contribution in [1.29, 1.82) is 0 Å². The SMILES string of the molecule is CCC1(C(=O)O)CCCN1C(=O)Nc1cccnc1. The number of carboxylic acid groups (broad SMARTS) is 1. The van der Waals surface area contributed by atoms with Crippen LogP contribution in [0.1, 0.15) is 26.2 Å². The molecule has 19 heavy (non-hydrogen) atoms. The normalized spacial score (nSPS) is 22.3. The van der Waals surface area contributed by atoms with Crippen molar-refractivity contribution in [1.82, 2.24) is 9.88 Å². The number of aliphatic carboxylic acids is 1. The van der Waals surface area contributed by atoms with Gasteiger partial charge in [0.1, 0.15) is 5.54 Å². The van der Waals surface area contributed by atoms with E-state index in [4.69, 9.17) is 0 Å². The van der Waals surface area contributed by atoms with E-state index in [1.54, 1.807) is 25.3 Å². The number of carboxylic acids is 1. The Kier molecular flexibility index (Phi) is 3.69. The van der Waals surface area contributed by atoms with Crippen molar-refractivity contribution >= 4 is 17.7 Å². The van der Waals surface area contributed by atoms with Crippen molar-refractivity contribution in [2.24, 2.45) is 0 Å². The molecule has 0 radical (unpaired) electrons. The van der Waals surface area contributed by atoms with Crippen LogP contribution < -0.4 is 5.32 Å². The number of pyridine rings is 1. The monoisotopic (exact) mass is 263 g/mol. The molecule has 0 aromatic carbocycles. The Morgan fingerprint density at radius 2 is 2.37 bits per heavy atom. The van der Waals surface area contributed by atoms with Gasteiger partial charge >= 0.3 is 12.0 Å². The molecule has 6 heteroatoms. The standard InChI is InChI=1S/C13H17N3O3/c1-2-13(11(17)18)6-4-8-16(13)12(19)15-10-5-3-7-14-9-10/h3,5,7,9H,2,4,6,8H2,1H3,(H,15,19)(H,17,18). The van der Waals surface area contributed by atoms with Gasteiger partial charge in [-0.15, -0.1) is 0 Å². The molecular weight excluding hydrogens is 246 g/mol. The maximum Gasteiger partial charge on any atom is 0.329 e. The molecule has 0 aliphatic carbocycles. The first-order valence-corrected chi connectivity index (χ1v) is 6.32. The largest absolute Gasteiger partial charge is 0.479 e. The van der Waals surface area contributed by atoms with Crippen LogP contribution in [0.15, 0.2) is 24.5 Å². The summed E-state index contributed by atoms with van der Waals surface area (Å²) in [6.45, 7) is 2.26. The van der Waals surface area contributed by atoms with Gasteiger partial charge in [-0.1, -0.05) is 6.92 Å². The van der Waals surface area contributed by atoms with Gasteiger partial charge in [0.25, 0.3) is 0 Å². The maximum atomic E-state index is 12.2. The summed E-state index contributed by atoms with van der Waals surface area (Å²) in [5.74, 6) is -0.936. The minimum atomic E-state index is -1.08. The molecule has 1 unspecified atom stereocenters. The molecule has 1 saturated heterocycles. The van der Waals surface area contributed by atoms with Gasteiger partial charge in [-0.05, 0) is 31.4 Å². The van der Waals surface area contributed by atoms with Crippen molar-refractivity contribution in [2.75, 3.05) is 11.9 Å². The number of nitrogens with zero attached hydrogens (tertiary/aromatic N) is 2. The molecule has 102 valence electrons. The highest BCUT2D eigenvalue weighted by molar-refractivity contribution is 5.94. The van der Waals surface area contributed by atoms with Gasteiger partial charge in [0.15, 0.2) is 0 Å². The lowest BCUT2D eigenvalue weighted by Gasteiger charge is -2.33. The summed E-state index contributed by atoms with van der Waals surface area (Å²) in [6, 6.07) is 3.05. The molecule has 0 bridgehead atoms. The molecule has 2 amide bonds. The molecule has 2 N–H and O–H groups in total. The minimum absolute atomic E-state index is 0.380. The molecule has 1 aliphatic rings. The van der Waals surface area contributed by atoms with E-state index < -0.39 is 11.5 Å². The van der Waals surface area contributed by atoms with Crippen LogP contribution in [-0.4, -0.2) is 39.1 Å². The Balaban J connectivity index is 2.16. The molecular formula is C13H17N3O3. The number of hydrogen-bond donors (Lipinski definition) is 2. The van der Waals surface area contributed by atoms with Crippen molar-refractivity contribution in [2.45, 2.75) is 31.7 Å². The second-order valence-electron chi connectivity index (χ2n) is 4.62. The summed E-state index contributed by atoms with van der Waals surface area (Å²) in [7, 11) is 0. The molecule has 1 aliphatic heterocycles. The smallest absolute Gasteiger partial charge is 0.329 e. The van der Waals surface area contributed by atoms with Gasteiger partial charge < -0.3 is 15.3 Å². The van der Waals surface area contributed by atoms with E-state index in [0.717, 1.165) is 0 Å². The first kappa shape index (κ1) is 13.3. The summed E-state index contributed by atoms with van der Waals surface area (Å²) in [6.07, 6.45) is 4.75. The summed E-state index contributed by atoms with van der Waals surface area (Å²) in [5, 5.41) is 12.1. The predicted octanol–water partition coefficient (Wildman–Crippen LogP) is 1.94. The van der Waals surface area contributed by atoms with Crippen LogP contribution in [-0.2, 0) is 4.79 Å². The number of nitrogens with one attached hydrogen (secondary N) is 1. The average molecular weight is 263 g/mol. The minimum Gasteiger partial charge on any atom is -0.479 e. The van der Waals surface area contributed by atoms with Gasteiger partial charge in [-0.3, -0.25) is 4.98 Å². The lowest BCUT2D eigenvalue weighted by atomic mass is 9.93. The molecule has 2 heterocycles.